The smallest absolute Gasteiger partial charge is 0.319 e. The molecule has 2 bridgehead atoms. The molecule has 3 aromatic carbocycles. The summed E-state index contributed by atoms with van der Waals surface area (Å²) in [6, 6.07) is 15.8. The number of aromatic hydroxyl groups is 1. The Kier molecular flexibility index (Phi) is 10.1. The zero-order chi connectivity index (χ0) is 43.9. The Hall–Kier alpha value is -6.10. The first-order chi connectivity index (χ1) is 31.0. The number of nitrogens with one attached hydrogen (secondary N) is 2. The molecule has 330 valence electrons. The number of phenolic OH excluding ortho intramolecular Hbond substituents is 1. The molecule has 4 saturated heterocycles. The predicted molar refractivity (Wildman–Crippen MR) is 235 cm³/mol. The summed E-state index contributed by atoms with van der Waals surface area (Å²) in [6.07, 6.45) is 5.97. The number of hydrogen-bond acceptors (Lipinski definition) is 13. The summed E-state index contributed by atoms with van der Waals surface area (Å²) in [5.74, 6) is -1.34. The zero-order valence-electron chi connectivity index (χ0n) is 35.7. The van der Waals surface area contributed by atoms with E-state index in [-0.39, 0.29) is 46.8 Å². The van der Waals surface area contributed by atoms with Crippen LogP contribution in [0.3, 0.4) is 0 Å². The molecule has 0 radical (unpaired) electrons. The van der Waals surface area contributed by atoms with Gasteiger partial charge in [-0.2, -0.15) is 9.97 Å². The fraction of sp³-hybridized carbons (Fsp3) is 0.438. The fourth-order valence-corrected chi connectivity index (χ4v) is 10.8. The number of hydrogen-bond donors (Lipinski definition) is 3. The van der Waals surface area contributed by atoms with E-state index in [1.165, 1.54) is 0 Å². The highest BCUT2D eigenvalue weighted by molar-refractivity contribution is 6.23. The standard InChI is InChI=1S/C48H50FN9O6/c1-27-16-30-23-57(24-31(17-27)51-30)43-37-21-50-41(35-20-32(59)19-29-4-2-3-5-33(29)35)40(49)42(37)53-47(54-43)64-26-48(10-11-48)25-56-14-12-55(13-15-56)22-28-6-7-34-36(18-28)46(63)58(45(34)62)38-8-9-39(60)52-44(38)61/h2-7,18-21,27,30-31,38,51,59H,8-17,22-26H2,1H3,(H,52,60,61). The number of nitrogens with zero attached hydrogens (tertiary/aromatic N) is 7. The molecule has 11 rings (SSSR count). The molecule has 3 N–H and O–H groups in total. The maximum absolute atomic E-state index is 17.0. The Morgan fingerprint density at radius 3 is 2.39 bits per heavy atom. The van der Waals surface area contributed by atoms with Crippen molar-refractivity contribution in [3.05, 3.63) is 83.3 Å². The van der Waals surface area contributed by atoms with Gasteiger partial charge in [-0.3, -0.25) is 39.3 Å². The summed E-state index contributed by atoms with van der Waals surface area (Å²) >= 11 is 0. The third kappa shape index (κ3) is 7.50. The van der Waals surface area contributed by atoms with Crippen LogP contribution in [0.4, 0.5) is 10.2 Å². The molecule has 3 unspecified atom stereocenters. The second-order valence-electron chi connectivity index (χ2n) is 18.9. The molecule has 5 fully saturated rings. The number of piperidine rings is 2. The monoisotopic (exact) mass is 867 g/mol. The molecule has 6 aliphatic rings. The van der Waals surface area contributed by atoms with E-state index in [2.05, 4.69) is 37.2 Å². The Bertz CT molecular complexity index is 2740. The van der Waals surface area contributed by atoms with Crippen molar-refractivity contribution in [2.45, 2.75) is 70.1 Å². The predicted octanol–water partition coefficient (Wildman–Crippen LogP) is 4.64. The van der Waals surface area contributed by atoms with Crippen LogP contribution in [0.2, 0.25) is 0 Å². The third-order valence-electron chi connectivity index (χ3n) is 14.2. The molecule has 16 heteroatoms. The van der Waals surface area contributed by atoms with Gasteiger partial charge in [-0.05, 0) is 78.6 Å². The van der Waals surface area contributed by atoms with Crippen molar-refractivity contribution >= 4 is 51.1 Å². The van der Waals surface area contributed by atoms with Gasteiger partial charge in [0, 0.05) is 88.0 Å². The average molecular weight is 868 g/mol. The molecule has 4 amide bonds. The van der Waals surface area contributed by atoms with Gasteiger partial charge in [-0.15, -0.1) is 0 Å². The number of carbonyl (C=O) groups is 4. The summed E-state index contributed by atoms with van der Waals surface area (Å²) in [5, 5.41) is 18.7. The van der Waals surface area contributed by atoms with Crippen LogP contribution in [0.1, 0.15) is 71.7 Å². The normalized spacial score (nSPS) is 24.7. The molecular weight excluding hydrogens is 818 g/mol. The maximum Gasteiger partial charge on any atom is 0.319 e. The number of pyridine rings is 1. The topological polar surface area (TPSA) is 173 Å². The van der Waals surface area contributed by atoms with Crippen molar-refractivity contribution in [1.29, 1.82) is 0 Å². The first kappa shape index (κ1) is 40.7. The van der Waals surface area contributed by atoms with E-state index < -0.39 is 35.5 Å². The van der Waals surface area contributed by atoms with Gasteiger partial charge >= 0.3 is 6.01 Å². The number of carbonyl (C=O) groups excluding carboxylic acids is 4. The van der Waals surface area contributed by atoms with Crippen molar-refractivity contribution < 1.29 is 33.4 Å². The van der Waals surface area contributed by atoms with Gasteiger partial charge in [-0.25, -0.2) is 4.39 Å². The van der Waals surface area contributed by atoms with Crippen LogP contribution in [0.5, 0.6) is 11.8 Å². The van der Waals surface area contributed by atoms with Gasteiger partial charge in [0.1, 0.15) is 28.8 Å². The van der Waals surface area contributed by atoms with Gasteiger partial charge in [0.2, 0.25) is 11.8 Å². The minimum Gasteiger partial charge on any atom is -0.508 e. The van der Waals surface area contributed by atoms with Gasteiger partial charge in [0.05, 0.1) is 23.1 Å². The Labute approximate surface area is 369 Å². The number of rotatable bonds is 10. The summed E-state index contributed by atoms with van der Waals surface area (Å²) in [5.41, 5.74) is 2.13. The molecule has 64 heavy (non-hydrogen) atoms. The van der Waals surface area contributed by atoms with Crippen LogP contribution in [0.25, 0.3) is 32.9 Å². The van der Waals surface area contributed by atoms with Crippen LogP contribution in [0.15, 0.2) is 60.8 Å². The minimum absolute atomic E-state index is 0.0252. The average Bonchev–Trinajstić information content (AvgIpc) is 4.00. The van der Waals surface area contributed by atoms with Crippen LogP contribution < -0.4 is 20.3 Å². The number of aromatic nitrogens is 3. The summed E-state index contributed by atoms with van der Waals surface area (Å²) in [4.78, 5) is 73.2. The highest BCUT2D eigenvalue weighted by atomic mass is 19.1. The van der Waals surface area contributed by atoms with E-state index in [1.807, 2.05) is 30.3 Å². The summed E-state index contributed by atoms with van der Waals surface area (Å²) < 4.78 is 23.5. The number of halogens is 1. The quantitative estimate of drug-likeness (QED) is 0.166. The van der Waals surface area contributed by atoms with Gasteiger partial charge < -0.3 is 25.0 Å². The second-order valence-corrected chi connectivity index (χ2v) is 18.9. The highest BCUT2D eigenvalue weighted by Crippen LogP contribution is 2.47. The molecule has 5 aliphatic heterocycles. The highest BCUT2D eigenvalue weighted by Gasteiger charge is 2.47. The lowest BCUT2D eigenvalue weighted by Crippen LogP contribution is -2.60. The molecular formula is C48H50FN9O6. The number of piperazine rings is 2. The lowest BCUT2D eigenvalue weighted by molar-refractivity contribution is -0.136. The maximum atomic E-state index is 17.0. The first-order valence-corrected chi connectivity index (χ1v) is 22.5. The molecule has 0 spiro atoms. The van der Waals surface area contributed by atoms with Crippen LogP contribution in [-0.4, -0.2) is 129 Å². The Balaban J connectivity index is 0.780. The summed E-state index contributed by atoms with van der Waals surface area (Å²) in [7, 11) is 0. The van der Waals surface area contributed by atoms with Crippen LogP contribution >= 0.6 is 0 Å². The Morgan fingerprint density at radius 2 is 1.62 bits per heavy atom. The van der Waals surface area contributed by atoms with Crippen LogP contribution in [-0.2, 0) is 16.1 Å². The molecule has 3 atom stereocenters. The first-order valence-electron chi connectivity index (χ1n) is 22.5. The van der Waals surface area contributed by atoms with Crippen molar-refractivity contribution in [3.63, 3.8) is 0 Å². The van der Waals surface area contributed by atoms with E-state index in [1.54, 1.807) is 30.5 Å². The molecule has 1 aliphatic carbocycles. The van der Waals surface area contributed by atoms with E-state index in [0.29, 0.717) is 53.5 Å². The van der Waals surface area contributed by atoms with E-state index >= 15 is 4.39 Å². The van der Waals surface area contributed by atoms with Crippen molar-refractivity contribution in [3.8, 4) is 23.0 Å². The lowest BCUT2D eigenvalue weighted by atomic mass is 9.86. The second kappa shape index (κ2) is 15.9. The lowest BCUT2D eigenvalue weighted by Gasteiger charge is -2.45. The number of benzene rings is 3. The zero-order valence-corrected chi connectivity index (χ0v) is 35.7. The number of amides is 4. The SMILES string of the molecule is CC1CC2CN(c3nc(OCC4(CN5CCN(Cc6ccc7c(c6)C(=O)N(C6CCC(=O)NC6=O)C7=O)CC5)CC4)nc4c(F)c(-c5cc(O)cc6ccccc56)ncc34)CC(C1)N2. The van der Waals surface area contributed by atoms with Gasteiger partial charge in [-0.1, -0.05) is 37.3 Å². The van der Waals surface area contributed by atoms with Crippen molar-refractivity contribution in [1.82, 2.24) is 40.3 Å². The van der Waals surface area contributed by atoms with Gasteiger partial charge in [0.25, 0.3) is 11.8 Å². The molecule has 1 saturated carbocycles. The van der Waals surface area contributed by atoms with Crippen LogP contribution in [0, 0.1) is 17.2 Å². The number of imide groups is 2. The van der Waals surface area contributed by atoms with Crippen molar-refractivity contribution in [2.75, 3.05) is 57.3 Å². The number of ether oxygens (including phenoxy) is 1. The third-order valence-corrected chi connectivity index (χ3v) is 14.2. The van der Waals surface area contributed by atoms with E-state index in [0.717, 1.165) is 92.7 Å². The molecule has 7 heterocycles. The largest absolute Gasteiger partial charge is 0.508 e. The number of fused-ring (bicyclic) bond motifs is 5. The number of phenols is 1. The fourth-order valence-electron chi connectivity index (χ4n) is 10.8. The van der Waals surface area contributed by atoms with Crippen molar-refractivity contribution in [2.24, 2.45) is 11.3 Å². The molecule has 2 aromatic heterocycles. The summed E-state index contributed by atoms with van der Waals surface area (Å²) in [6.45, 7) is 8.94. The van der Waals surface area contributed by atoms with Gasteiger partial charge in [0.15, 0.2) is 5.82 Å². The van der Waals surface area contributed by atoms with E-state index in [9.17, 15) is 24.3 Å². The number of anilines is 1. The minimum atomic E-state index is -0.993. The Morgan fingerprint density at radius 1 is 0.875 bits per heavy atom. The molecule has 15 nitrogen and oxygen atoms in total. The van der Waals surface area contributed by atoms with E-state index in [4.69, 9.17) is 14.7 Å². The molecule has 5 aromatic rings.